The van der Waals surface area contributed by atoms with Crippen molar-refractivity contribution in [1.29, 1.82) is 0 Å². The number of nitrogens with zero attached hydrogens (tertiary/aromatic N) is 1. The van der Waals surface area contributed by atoms with Crippen LogP contribution < -0.4 is 15.8 Å². The molecule has 0 amide bonds. The number of hydrogen-bond acceptors (Lipinski definition) is 4. The predicted molar refractivity (Wildman–Crippen MR) is 79.4 cm³/mol. The number of nitrogen functional groups attached to an aromatic ring is 1. The Morgan fingerprint density at radius 1 is 1.42 bits per heavy atom. The van der Waals surface area contributed by atoms with E-state index in [2.05, 4.69) is 24.1 Å². The lowest BCUT2D eigenvalue weighted by Crippen LogP contribution is -2.09. The zero-order valence-electron chi connectivity index (χ0n) is 12.0. The summed E-state index contributed by atoms with van der Waals surface area (Å²) in [6, 6.07) is 3.76. The fourth-order valence-electron chi connectivity index (χ4n) is 1.92. The summed E-state index contributed by atoms with van der Waals surface area (Å²) in [5, 5.41) is 3.34. The number of anilines is 2. The smallest absolute Gasteiger partial charge is 0.239 e. The molecule has 0 aromatic carbocycles. The van der Waals surface area contributed by atoms with Gasteiger partial charge in [-0.05, 0) is 36.8 Å². The first-order chi connectivity index (χ1) is 9.15. The summed E-state index contributed by atoms with van der Waals surface area (Å²) in [5.41, 5.74) is 6.46. The van der Waals surface area contributed by atoms with Crippen LogP contribution in [0.3, 0.4) is 0 Å². The maximum absolute atomic E-state index is 5.86. The van der Waals surface area contributed by atoms with Crippen LogP contribution in [-0.4, -0.2) is 18.1 Å². The number of rotatable bonds is 8. The molecule has 1 heterocycles. The first kappa shape index (κ1) is 14.0. The molecule has 1 aliphatic rings. The normalized spacial score (nSPS) is 14.7. The summed E-state index contributed by atoms with van der Waals surface area (Å²) >= 11 is 0. The second kappa shape index (κ2) is 6.64. The Labute approximate surface area is 115 Å². The lowest BCUT2D eigenvalue weighted by atomic mass is 10.2. The zero-order valence-corrected chi connectivity index (χ0v) is 12.0. The SMILES string of the molecule is CC(C)COc1nc(NCCCC2CC2)ccc1N. The highest BCUT2D eigenvalue weighted by Crippen LogP contribution is 2.33. The van der Waals surface area contributed by atoms with Crippen molar-refractivity contribution in [2.24, 2.45) is 11.8 Å². The minimum atomic E-state index is 0.469. The minimum Gasteiger partial charge on any atom is -0.476 e. The van der Waals surface area contributed by atoms with Gasteiger partial charge in [0, 0.05) is 6.54 Å². The van der Waals surface area contributed by atoms with E-state index < -0.39 is 0 Å². The van der Waals surface area contributed by atoms with E-state index >= 15 is 0 Å². The van der Waals surface area contributed by atoms with Gasteiger partial charge in [-0.1, -0.05) is 26.7 Å². The average Bonchev–Trinajstić information content (AvgIpc) is 3.18. The molecule has 3 N–H and O–H groups in total. The molecule has 106 valence electrons. The van der Waals surface area contributed by atoms with E-state index in [9.17, 15) is 0 Å². The fraction of sp³-hybridized carbons (Fsp3) is 0.667. The number of hydrogen-bond donors (Lipinski definition) is 2. The van der Waals surface area contributed by atoms with Crippen molar-refractivity contribution in [2.75, 3.05) is 24.2 Å². The highest BCUT2D eigenvalue weighted by Gasteiger charge is 2.19. The van der Waals surface area contributed by atoms with Gasteiger partial charge < -0.3 is 15.8 Å². The third kappa shape index (κ3) is 4.97. The molecule has 0 spiro atoms. The van der Waals surface area contributed by atoms with E-state index in [-0.39, 0.29) is 0 Å². The topological polar surface area (TPSA) is 60.2 Å². The number of ether oxygens (including phenoxy) is 1. The molecule has 0 saturated heterocycles. The molecule has 4 nitrogen and oxygen atoms in total. The maximum Gasteiger partial charge on any atom is 0.239 e. The van der Waals surface area contributed by atoms with Crippen LogP contribution in [0.4, 0.5) is 11.5 Å². The van der Waals surface area contributed by atoms with Crippen LogP contribution in [0.25, 0.3) is 0 Å². The second-order valence-electron chi connectivity index (χ2n) is 5.81. The van der Waals surface area contributed by atoms with Crippen molar-refractivity contribution < 1.29 is 4.74 Å². The van der Waals surface area contributed by atoms with Crippen LogP contribution in [-0.2, 0) is 0 Å². The third-order valence-electron chi connectivity index (χ3n) is 3.24. The standard InChI is InChI=1S/C15H25N3O/c1-11(2)10-19-15-13(16)7-8-14(18-15)17-9-3-4-12-5-6-12/h7-8,11-12H,3-6,9-10,16H2,1-2H3,(H,17,18). The van der Waals surface area contributed by atoms with E-state index in [1.807, 2.05) is 12.1 Å². The molecule has 4 heteroatoms. The Kier molecular flexibility index (Phi) is 4.88. The van der Waals surface area contributed by atoms with E-state index in [1.54, 1.807) is 0 Å². The first-order valence-electron chi connectivity index (χ1n) is 7.28. The number of pyridine rings is 1. The van der Waals surface area contributed by atoms with Gasteiger partial charge in [-0.2, -0.15) is 4.98 Å². The lowest BCUT2D eigenvalue weighted by Gasteiger charge is -2.12. The minimum absolute atomic E-state index is 0.469. The van der Waals surface area contributed by atoms with E-state index in [0.29, 0.717) is 24.1 Å². The Hall–Kier alpha value is -1.45. The molecule has 19 heavy (non-hydrogen) atoms. The molecule has 1 saturated carbocycles. The summed E-state index contributed by atoms with van der Waals surface area (Å²) in [5.74, 6) is 2.85. The summed E-state index contributed by atoms with van der Waals surface area (Å²) in [6.07, 6.45) is 5.39. The van der Waals surface area contributed by atoms with Crippen LogP contribution in [0.1, 0.15) is 39.5 Å². The van der Waals surface area contributed by atoms with Crippen LogP contribution >= 0.6 is 0 Å². The molecule has 1 fully saturated rings. The quantitative estimate of drug-likeness (QED) is 0.706. The molecule has 1 aromatic rings. The first-order valence-corrected chi connectivity index (χ1v) is 7.28. The van der Waals surface area contributed by atoms with Gasteiger partial charge >= 0.3 is 0 Å². The van der Waals surface area contributed by atoms with Gasteiger partial charge in [-0.15, -0.1) is 0 Å². The van der Waals surface area contributed by atoms with Crippen LogP contribution in [0.15, 0.2) is 12.1 Å². The van der Waals surface area contributed by atoms with Crippen molar-refractivity contribution in [3.8, 4) is 5.88 Å². The van der Waals surface area contributed by atoms with Gasteiger partial charge in [0.25, 0.3) is 0 Å². The molecule has 0 unspecified atom stereocenters. The molecular weight excluding hydrogens is 238 g/mol. The van der Waals surface area contributed by atoms with Crippen molar-refractivity contribution in [2.45, 2.75) is 39.5 Å². The number of aromatic nitrogens is 1. The van der Waals surface area contributed by atoms with E-state index in [4.69, 9.17) is 10.5 Å². The largest absolute Gasteiger partial charge is 0.476 e. The van der Waals surface area contributed by atoms with Gasteiger partial charge in [0.2, 0.25) is 5.88 Å². The van der Waals surface area contributed by atoms with E-state index in [1.165, 1.54) is 25.7 Å². The van der Waals surface area contributed by atoms with Gasteiger partial charge in [-0.3, -0.25) is 0 Å². The maximum atomic E-state index is 5.86. The highest BCUT2D eigenvalue weighted by molar-refractivity contribution is 5.53. The van der Waals surface area contributed by atoms with Gasteiger partial charge in [0.05, 0.1) is 12.3 Å². The van der Waals surface area contributed by atoms with Crippen molar-refractivity contribution in [3.63, 3.8) is 0 Å². The summed E-state index contributed by atoms with van der Waals surface area (Å²) in [7, 11) is 0. The molecule has 0 bridgehead atoms. The monoisotopic (exact) mass is 263 g/mol. The Bertz CT molecular complexity index is 402. The van der Waals surface area contributed by atoms with Crippen molar-refractivity contribution >= 4 is 11.5 Å². The molecule has 0 atom stereocenters. The van der Waals surface area contributed by atoms with Gasteiger partial charge in [0.15, 0.2) is 0 Å². The molecule has 1 aliphatic carbocycles. The predicted octanol–water partition coefficient (Wildman–Crippen LogP) is 3.30. The van der Waals surface area contributed by atoms with Crippen LogP contribution in [0.2, 0.25) is 0 Å². The zero-order chi connectivity index (χ0) is 13.7. The van der Waals surface area contributed by atoms with Gasteiger partial charge in [0.1, 0.15) is 5.82 Å². The Morgan fingerprint density at radius 3 is 2.89 bits per heavy atom. The van der Waals surface area contributed by atoms with E-state index in [0.717, 1.165) is 18.3 Å². The third-order valence-corrected chi connectivity index (χ3v) is 3.24. The average molecular weight is 263 g/mol. The molecule has 0 radical (unpaired) electrons. The van der Waals surface area contributed by atoms with Gasteiger partial charge in [-0.25, -0.2) is 0 Å². The number of nitrogens with two attached hydrogens (primary N) is 1. The fourth-order valence-corrected chi connectivity index (χ4v) is 1.92. The van der Waals surface area contributed by atoms with Crippen molar-refractivity contribution in [1.82, 2.24) is 4.98 Å². The summed E-state index contributed by atoms with van der Waals surface area (Å²) < 4.78 is 5.62. The lowest BCUT2D eigenvalue weighted by molar-refractivity contribution is 0.263. The molecular formula is C15H25N3O. The Morgan fingerprint density at radius 2 is 2.21 bits per heavy atom. The number of nitrogens with one attached hydrogen (secondary N) is 1. The van der Waals surface area contributed by atoms with Crippen LogP contribution in [0, 0.1) is 11.8 Å². The summed E-state index contributed by atoms with van der Waals surface area (Å²) in [6.45, 7) is 5.83. The highest BCUT2D eigenvalue weighted by atomic mass is 16.5. The molecule has 1 aromatic heterocycles. The summed E-state index contributed by atoms with van der Waals surface area (Å²) in [4.78, 5) is 4.42. The molecule has 0 aliphatic heterocycles. The Balaban J connectivity index is 1.80. The second-order valence-corrected chi connectivity index (χ2v) is 5.81. The molecule has 2 rings (SSSR count). The van der Waals surface area contributed by atoms with Crippen molar-refractivity contribution in [3.05, 3.63) is 12.1 Å². The van der Waals surface area contributed by atoms with Crippen LogP contribution in [0.5, 0.6) is 5.88 Å².